The summed E-state index contributed by atoms with van der Waals surface area (Å²) in [4.78, 5) is 13.8. The lowest BCUT2D eigenvalue weighted by Gasteiger charge is -2.04. The van der Waals surface area contributed by atoms with Gasteiger partial charge in [0.15, 0.2) is 5.82 Å². The minimum absolute atomic E-state index is 0.128. The standard InChI is InChI=1S/C13H9ClFN3S/c1-6-11(19-7(2)16-6)13-17-9-5-3-4-8(15)10(9)12(14)18-13/h3-5H,1-2H3. The number of nitrogens with zero attached hydrogens (tertiary/aromatic N) is 3. The third kappa shape index (κ3) is 2.09. The molecule has 0 atom stereocenters. The van der Waals surface area contributed by atoms with Crippen LogP contribution in [0.1, 0.15) is 10.7 Å². The van der Waals surface area contributed by atoms with Crippen LogP contribution in [-0.2, 0) is 0 Å². The Morgan fingerprint density at radius 1 is 1.16 bits per heavy atom. The summed E-state index contributed by atoms with van der Waals surface area (Å²) in [6, 6.07) is 4.67. The molecule has 6 heteroatoms. The molecule has 0 amide bonds. The normalized spacial score (nSPS) is 11.2. The molecule has 0 aliphatic heterocycles. The van der Waals surface area contributed by atoms with Gasteiger partial charge in [0.05, 0.1) is 26.5 Å². The summed E-state index contributed by atoms with van der Waals surface area (Å²) in [6.07, 6.45) is 0. The highest BCUT2D eigenvalue weighted by Crippen LogP contribution is 2.31. The van der Waals surface area contributed by atoms with Crippen molar-refractivity contribution in [1.29, 1.82) is 0 Å². The molecule has 0 aliphatic carbocycles. The van der Waals surface area contributed by atoms with Crippen LogP contribution < -0.4 is 0 Å². The topological polar surface area (TPSA) is 38.7 Å². The molecular weight excluding hydrogens is 285 g/mol. The summed E-state index contributed by atoms with van der Waals surface area (Å²) in [5, 5.41) is 1.32. The fourth-order valence-corrected chi connectivity index (χ4v) is 3.06. The molecule has 0 aliphatic rings. The van der Waals surface area contributed by atoms with Crippen molar-refractivity contribution >= 4 is 33.8 Å². The molecule has 0 saturated heterocycles. The minimum atomic E-state index is -0.411. The lowest BCUT2D eigenvalue weighted by molar-refractivity contribution is 0.639. The molecule has 0 fully saturated rings. The summed E-state index contributed by atoms with van der Waals surface area (Å²) in [7, 11) is 0. The highest BCUT2D eigenvalue weighted by molar-refractivity contribution is 7.15. The molecule has 0 spiro atoms. The molecule has 0 bridgehead atoms. The van der Waals surface area contributed by atoms with E-state index in [1.807, 2.05) is 13.8 Å². The quantitative estimate of drug-likeness (QED) is 0.632. The Morgan fingerprint density at radius 2 is 1.95 bits per heavy atom. The Hall–Kier alpha value is -1.59. The Kier molecular flexibility index (Phi) is 2.95. The number of fused-ring (bicyclic) bond motifs is 1. The third-order valence-corrected chi connectivity index (χ3v) is 4.08. The second kappa shape index (κ2) is 4.51. The van der Waals surface area contributed by atoms with E-state index >= 15 is 0 Å². The fraction of sp³-hybridized carbons (Fsp3) is 0.154. The zero-order valence-corrected chi connectivity index (χ0v) is 11.8. The molecule has 0 saturated carbocycles. The number of aromatic nitrogens is 3. The SMILES string of the molecule is Cc1nc(C)c(-c2nc(Cl)c3c(F)cccc3n2)s1. The lowest BCUT2D eigenvalue weighted by atomic mass is 10.2. The van der Waals surface area contributed by atoms with E-state index in [0.717, 1.165) is 15.6 Å². The molecule has 19 heavy (non-hydrogen) atoms. The van der Waals surface area contributed by atoms with Crippen molar-refractivity contribution in [2.75, 3.05) is 0 Å². The van der Waals surface area contributed by atoms with Crippen LogP contribution in [0.15, 0.2) is 18.2 Å². The Bertz CT molecular complexity index is 785. The predicted molar refractivity (Wildman–Crippen MR) is 75.1 cm³/mol. The van der Waals surface area contributed by atoms with Gasteiger partial charge in [0.25, 0.3) is 0 Å². The maximum Gasteiger partial charge on any atom is 0.173 e. The predicted octanol–water partition coefficient (Wildman–Crippen LogP) is 4.16. The molecule has 3 rings (SSSR count). The molecule has 0 unspecified atom stereocenters. The van der Waals surface area contributed by atoms with Crippen LogP contribution in [0.2, 0.25) is 5.15 Å². The van der Waals surface area contributed by atoms with Gasteiger partial charge >= 0.3 is 0 Å². The van der Waals surface area contributed by atoms with Crippen molar-refractivity contribution in [3.8, 4) is 10.7 Å². The van der Waals surface area contributed by atoms with Crippen LogP contribution in [0.25, 0.3) is 21.6 Å². The van der Waals surface area contributed by atoms with Crippen molar-refractivity contribution < 1.29 is 4.39 Å². The molecule has 3 aromatic rings. The van der Waals surface area contributed by atoms with Gasteiger partial charge in [0.2, 0.25) is 0 Å². The zero-order chi connectivity index (χ0) is 13.6. The van der Waals surface area contributed by atoms with Gasteiger partial charge in [-0.1, -0.05) is 17.7 Å². The molecule has 3 nitrogen and oxygen atoms in total. The second-order valence-corrected chi connectivity index (χ2v) is 5.68. The summed E-state index contributed by atoms with van der Waals surface area (Å²) < 4.78 is 13.7. The third-order valence-electron chi connectivity index (χ3n) is 2.73. The van der Waals surface area contributed by atoms with Gasteiger partial charge in [-0.15, -0.1) is 11.3 Å². The van der Waals surface area contributed by atoms with Crippen molar-refractivity contribution in [1.82, 2.24) is 15.0 Å². The van der Waals surface area contributed by atoms with Crippen LogP contribution >= 0.6 is 22.9 Å². The number of thiazole rings is 1. The maximum atomic E-state index is 13.7. The summed E-state index contributed by atoms with van der Waals surface area (Å²) in [5.74, 6) is 0.0810. The van der Waals surface area contributed by atoms with Gasteiger partial charge < -0.3 is 0 Å². The van der Waals surface area contributed by atoms with E-state index in [1.54, 1.807) is 12.1 Å². The molecule has 96 valence electrons. The van der Waals surface area contributed by atoms with E-state index in [4.69, 9.17) is 11.6 Å². The van der Waals surface area contributed by atoms with E-state index in [9.17, 15) is 4.39 Å². The van der Waals surface area contributed by atoms with Gasteiger partial charge in [-0.3, -0.25) is 0 Å². The van der Waals surface area contributed by atoms with Crippen molar-refractivity contribution in [2.45, 2.75) is 13.8 Å². The van der Waals surface area contributed by atoms with Crippen molar-refractivity contribution in [3.63, 3.8) is 0 Å². The molecular formula is C13H9ClFN3S. The van der Waals surface area contributed by atoms with Crippen LogP contribution in [0, 0.1) is 19.7 Å². The molecule has 0 radical (unpaired) electrons. The maximum absolute atomic E-state index is 13.7. The number of benzene rings is 1. The summed E-state index contributed by atoms with van der Waals surface area (Å²) in [6.45, 7) is 3.81. The van der Waals surface area contributed by atoms with Crippen molar-refractivity contribution in [3.05, 3.63) is 39.9 Å². The van der Waals surface area contributed by atoms with Gasteiger partial charge in [0, 0.05) is 0 Å². The van der Waals surface area contributed by atoms with Gasteiger partial charge in [-0.25, -0.2) is 19.3 Å². The highest BCUT2D eigenvalue weighted by atomic mass is 35.5. The Morgan fingerprint density at radius 3 is 2.63 bits per heavy atom. The first-order chi connectivity index (χ1) is 9.06. The van der Waals surface area contributed by atoms with Crippen LogP contribution in [-0.4, -0.2) is 15.0 Å². The van der Waals surface area contributed by atoms with E-state index in [-0.39, 0.29) is 10.5 Å². The number of rotatable bonds is 1. The van der Waals surface area contributed by atoms with Crippen LogP contribution in [0.3, 0.4) is 0 Å². The van der Waals surface area contributed by atoms with Gasteiger partial charge in [0.1, 0.15) is 11.0 Å². The van der Waals surface area contributed by atoms with E-state index in [1.165, 1.54) is 17.4 Å². The van der Waals surface area contributed by atoms with Gasteiger partial charge in [-0.2, -0.15) is 0 Å². The summed E-state index contributed by atoms with van der Waals surface area (Å²) in [5.41, 5.74) is 1.36. The molecule has 0 N–H and O–H groups in total. The first kappa shape index (κ1) is 12.4. The Balaban J connectivity index is 2.30. The average Bonchev–Trinajstić information content (AvgIpc) is 2.68. The second-order valence-electron chi connectivity index (χ2n) is 4.12. The zero-order valence-electron chi connectivity index (χ0n) is 10.2. The number of halogens is 2. The fourth-order valence-electron chi connectivity index (χ4n) is 1.94. The number of hydrogen-bond acceptors (Lipinski definition) is 4. The lowest BCUT2D eigenvalue weighted by Crippen LogP contribution is -1.93. The molecule has 2 heterocycles. The minimum Gasteiger partial charge on any atom is -0.246 e. The monoisotopic (exact) mass is 293 g/mol. The first-order valence-corrected chi connectivity index (χ1v) is 6.82. The van der Waals surface area contributed by atoms with Crippen LogP contribution in [0.4, 0.5) is 4.39 Å². The highest BCUT2D eigenvalue weighted by Gasteiger charge is 2.15. The largest absolute Gasteiger partial charge is 0.246 e. The first-order valence-electron chi connectivity index (χ1n) is 5.62. The average molecular weight is 294 g/mol. The Labute approximate surface area is 118 Å². The van der Waals surface area contributed by atoms with E-state index in [2.05, 4.69) is 15.0 Å². The summed E-state index contributed by atoms with van der Waals surface area (Å²) >= 11 is 7.57. The van der Waals surface area contributed by atoms with E-state index in [0.29, 0.717) is 11.3 Å². The molecule has 2 aromatic heterocycles. The number of aryl methyl sites for hydroxylation is 2. The van der Waals surface area contributed by atoms with Gasteiger partial charge in [-0.05, 0) is 26.0 Å². The molecule has 1 aromatic carbocycles. The van der Waals surface area contributed by atoms with Crippen molar-refractivity contribution in [2.24, 2.45) is 0 Å². The smallest absolute Gasteiger partial charge is 0.173 e. The van der Waals surface area contributed by atoms with E-state index < -0.39 is 5.82 Å². The van der Waals surface area contributed by atoms with Crippen LogP contribution in [0.5, 0.6) is 0 Å². The number of hydrogen-bond donors (Lipinski definition) is 0.